The van der Waals surface area contributed by atoms with Gasteiger partial charge < -0.3 is 5.73 Å². The molecule has 106 valence electrons. The van der Waals surface area contributed by atoms with Crippen molar-refractivity contribution >= 4 is 0 Å². The van der Waals surface area contributed by atoms with Crippen LogP contribution in [0.15, 0.2) is 24.4 Å². The largest absolute Gasteiger partial charge is 0.325 e. The van der Waals surface area contributed by atoms with Gasteiger partial charge in [-0.1, -0.05) is 32.3 Å². The minimum absolute atomic E-state index is 0.0930. The van der Waals surface area contributed by atoms with Gasteiger partial charge in [0.25, 0.3) is 0 Å². The smallest absolute Gasteiger partial charge is 0.0543 e. The summed E-state index contributed by atoms with van der Waals surface area (Å²) < 4.78 is 0. The summed E-state index contributed by atoms with van der Waals surface area (Å²) in [5.74, 6) is 0. The Balaban J connectivity index is 1.82. The molecule has 1 aliphatic carbocycles. The third kappa shape index (κ3) is 4.59. The molecular weight excluding hydrogens is 234 g/mol. The SMILES string of the molecule is CCN(CCC1(N)CCCCC1)Cc1ccccn1. The second-order valence-corrected chi connectivity index (χ2v) is 5.86. The average molecular weight is 261 g/mol. The number of rotatable bonds is 6. The summed E-state index contributed by atoms with van der Waals surface area (Å²) in [6.45, 7) is 5.30. The molecule has 0 atom stereocenters. The summed E-state index contributed by atoms with van der Waals surface area (Å²) in [6.07, 6.45) is 9.38. The van der Waals surface area contributed by atoms with Gasteiger partial charge >= 0.3 is 0 Å². The number of hydrogen-bond donors (Lipinski definition) is 1. The monoisotopic (exact) mass is 261 g/mol. The maximum absolute atomic E-state index is 6.51. The van der Waals surface area contributed by atoms with Gasteiger partial charge in [0, 0.05) is 24.8 Å². The van der Waals surface area contributed by atoms with E-state index in [2.05, 4.69) is 28.9 Å². The van der Waals surface area contributed by atoms with E-state index in [-0.39, 0.29) is 5.54 Å². The molecule has 0 bridgehead atoms. The molecule has 2 rings (SSSR count). The summed E-state index contributed by atoms with van der Waals surface area (Å²) in [7, 11) is 0. The van der Waals surface area contributed by atoms with Crippen LogP contribution in [0.3, 0.4) is 0 Å². The minimum Gasteiger partial charge on any atom is -0.325 e. The van der Waals surface area contributed by atoms with Gasteiger partial charge in [0.1, 0.15) is 0 Å². The van der Waals surface area contributed by atoms with Crippen LogP contribution in [0.4, 0.5) is 0 Å². The Morgan fingerprint density at radius 3 is 2.68 bits per heavy atom. The van der Waals surface area contributed by atoms with Gasteiger partial charge in [0.05, 0.1) is 5.69 Å². The predicted octanol–water partition coefficient (Wildman–Crippen LogP) is 2.96. The van der Waals surface area contributed by atoms with Crippen molar-refractivity contribution in [3.63, 3.8) is 0 Å². The van der Waals surface area contributed by atoms with E-state index >= 15 is 0 Å². The zero-order chi connectivity index (χ0) is 13.6. The third-order valence-electron chi connectivity index (χ3n) is 4.33. The first-order valence-corrected chi connectivity index (χ1v) is 7.63. The number of pyridine rings is 1. The molecule has 0 unspecified atom stereocenters. The van der Waals surface area contributed by atoms with E-state index in [1.807, 2.05) is 12.3 Å². The van der Waals surface area contributed by atoms with Crippen molar-refractivity contribution in [2.24, 2.45) is 5.73 Å². The molecular formula is C16H27N3. The lowest BCUT2D eigenvalue weighted by molar-refractivity contribution is 0.207. The van der Waals surface area contributed by atoms with E-state index < -0.39 is 0 Å². The highest BCUT2D eigenvalue weighted by Crippen LogP contribution is 2.28. The first-order chi connectivity index (χ1) is 9.22. The topological polar surface area (TPSA) is 42.1 Å². The molecule has 0 saturated heterocycles. The number of nitrogens with zero attached hydrogens (tertiary/aromatic N) is 2. The van der Waals surface area contributed by atoms with Gasteiger partial charge in [-0.05, 0) is 37.9 Å². The number of hydrogen-bond acceptors (Lipinski definition) is 3. The van der Waals surface area contributed by atoms with Crippen LogP contribution in [0.2, 0.25) is 0 Å². The van der Waals surface area contributed by atoms with Crippen LogP contribution in [-0.4, -0.2) is 28.5 Å². The van der Waals surface area contributed by atoms with E-state index in [1.54, 1.807) is 0 Å². The normalized spacial score (nSPS) is 18.7. The predicted molar refractivity (Wildman–Crippen MR) is 79.8 cm³/mol. The Hall–Kier alpha value is -0.930. The van der Waals surface area contributed by atoms with E-state index in [0.29, 0.717) is 0 Å². The van der Waals surface area contributed by atoms with Gasteiger partial charge in [0.15, 0.2) is 0 Å². The Bertz CT molecular complexity index is 358. The molecule has 0 aliphatic heterocycles. The maximum atomic E-state index is 6.51. The van der Waals surface area contributed by atoms with Crippen LogP contribution in [-0.2, 0) is 6.54 Å². The second kappa shape index (κ2) is 7.01. The van der Waals surface area contributed by atoms with Crippen LogP contribution < -0.4 is 5.73 Å². The Morgan fingerprint density at radius 2 is 2.05 bits per heavy atom. The molecule has 0 aromatic carbocycles. The molecule has 1 fully saturated rings. The van der Waals surface area contributed by atoms with Crippen molar-refractivity contribution in [3.05, 3.63) is 30.1 Å². The van der Waals surface area contributed by atoms with Crippen LogP contribution in [0.25, 0.3) is 0 Å². The highest BCUT2D eigenvalue weighted by Gasteiger charge is 2.27. The summed E-state index contributed by atoms with van der Waals surface area (Å²) in [4.78, 5) is 6.86. The van der Waals surface area contributed by atoms with Gasteiger partial charge in [-0.15, -0.1) is 0 Å². The molecule has 0 radical (unpaired) electrons. The van der Waals surface area contributed by atoms with Crippen molar-refractivity contribution in [2.75, 3.05) is 13.1 Å². The fraction of sp³-hybridized carbons (Fsp3) is 0.688. The van der Waals surface area contributed by atoms with E-state index in [1.165, 1.54) is 32.1 Å². The second-order valence-electron chi connectivity index (χ2n) is 5.86. The lowest BCUT2D eigenvalue weighted by Gasteiger charge is -2.35. The third-order valence-corrected chi connectivity index (χ3v) is 4.33. The fourth-order valence-electron chi connectivity index (χ4n) is 2.96. The molecule has 19 heavy (non-hydrogen) atoms. The molecule has 1 aliphatic rings. The van der Waals surface area contributed by atoms with Gasteiger partial charge in [-0.25, -0.2) is 0 Å². The minimum atomic E-state index is 0.0930. The number of aromatic nitrogens is 1. The lowest BCUT2D eigenvalue weighted by atomic mass is 9.80. The molecule has 1 saturated carbocycles. The van der Waals surface area contributed by atoms with Gasteiger partial charge in [-0.3, -0.25) is 9.88 Å². The highest BCUT2D eigenvalue weighted by molar-refractivity contribution is 5.03. The van der Waals surface area contributed by atoms with Crippen molar-refractivity contribution < 1.29 is 0 Å². The maximum Gasteiger partial charge on any atom is 0.0543 e. The molecule has 0 spiro atoms. The van der Waals surface area contributed by atoms with Gasteiger partial charge in [-0.2, -0.15) is 0 Å². The lowest BCUT2D eigenvalue weighted by Crippen LogP contribution is -2.44. The zero-order valence-corrected chi connectivity index (χ0v) is 12.1. The summed E-state index contributed by atoms with van der Waals surface area (Å²) in [5.41, 5.74) is 7.76. The van der Waals surface area contributed by atoms with Crippen molar-refractivity contribution in [1.82, 2.24) is 9.88 Å². The zero-order valence-electron chi connectivity index (χ0n) is 12.1. The van der Waals surface area contributed by atoms with Crippen molar-refractivity contribution in [3.8, 4) is 0 Å². The van der Waals surface area contributed by atoms with Crippen LogP contribution in [0, 0.1) is 0 Å². The standard InChI is InChI=1S/C16H27N3/c1-2-19(14-15-8-4-7-12-18-15)13-11-16(17)9-5-3-6-10-16/h4,7-8,12H,2-3,5-6,9-11,13-14,17H2,1H3. The molecule has 1 heterocycles. The van der Waals surface area contributed by atoms with Crippen LogP contribution >= 0.6 is 0 Å². The summed E-state index contributed by atoms with van der Waals surface area (Å²) in [6, 6.07) is 6.12. The molecule has 0 amide bonds. The quantitative estimate of drug-likeness (QED) is 0.856. The Labute approximate surface area is 117 Å². The number of nitrogens with two attached hydrogens (primary N) is 1. The first kappa shape index (κ1) is 14.5. The summed E-state index contributed by atoms with van der Waals surface area (Å²) in [5, 5.41) is 0. The Kier molecular flexibility index (Phi) is 5.34. The molecule has 2 N–H and O–H groups in total. The average Bonchev–Trinajstić information content (AvgIpc) is 2.45. The molecule has 1 aromatic rings. The highest BCUT2D eigenvalue weighted by atomic mass is 15.1. The van der Waals surface area contributed by atoms with E-state index in [9.17, 15) is 0 Å². The summed E-state index contributed by atoms with van der Waals surface area (Å²) >= 11 is 0. The van der Waals surface area contributed by atoms with Gasteiger partial charge in [0.2, 0.25) is 0 Å². The fourth-order valence-corrected chi connectivity index (χ4v) is 2.96. The van der Waals surface area contributed by atoms with Crippen molar-refractivity contribution in [2.45, 2.75) is 57.5 Å². The van der Waals surface area contributed by atoms with Crippen LogP contribution in [0.5, 0.6) is 0 Å². The molecule has 3 nitrogen and oxygen atoms in total. The Morgan fingerprint density at radius 1 is 1.26 bits per heavy atom. The molecule has 1 aromatic heterocycles. The van der Waals surface area contributed by atoms with E-state index in [4.69, 9.17) is 5.73 Å². The van der Waals surface area contributed by atoms with Crippen LogP contribution in [0.1, 0.15) is 51.1 Å². The van der Waals surface area contributed by atoms with E-state index in [0.717, 1.165) is 31.7 Å². The van der Waals surface area contributed by atoms with Crippen molar-refractivity contribution in [1.29, 1.82) is 0 Å². The first-order valence-electron chi connectivity index (χ1n) is 7.63. The molecule has 3 heteroatoms.